The summed E-state index contributed by atoms with van der Waals surface area (Å²) < 4.78 is 5.26. The summed E-state index contributed by atoms with van der Waals surface area (Å²) >= 11 is 0. The predicted molar refractivity (Wildman–Crippen MR) is 71.7 cm³/mol. The lowest BCUT2D eigenvalue weighted by Crippen LogP contribution is -2.50. The van der Waals surface area contributed by atoms with E-state index in [-0.39, 0.29) is 18.0 Å². The molecule has 19 heavy (non-hydrogen) atoms. The minimum Gasteiger partial charge on any atom is -0.449 e. The molecule has 2 saturated heterocycles. The van der Waals surface area contributed by atoms with Crippen molar-refractivity contribution >= 4 is 12.0 Å². The smallest absolute Gasteiger partial charge is 0.409 e. The summed E-state index contributed by atoms with van der Waals surface area (Å²) in [6.07, 6.45) is 3.33. The summed E-state index contributed by atoms with van der Waals surface area (Å²) in [7, 11) is 0. The lowest BCUT2D eigenvalue weighted by Gasteiger charge is -2.37. The Labute approximate surface area is 114 Å². The van der Waals surface area contributed by atoms with Crippen LogP contribution in [0.1, 0.15) is 39.5 Å². The molecule has 5 nitrogen and oxygen atoms in total. The summed E-state index contributed by atoms with van der Waals surface area (Å²) in [5.41, 5.74) is 0. The maximum atomic E-state index is 11.9. The zero-order valence-corrected chi connectivity index (χ0v) is 11.9. The molecule has 2 aliphatic heterocycles. The standard InChI is InChI=1S/C14H24N2O3/c1-11(2)10-19-14(18)15-7-3-5-12(9-15)16-8-4-6-13(16)17/h11-12H,3-10H2,1-2H3. The van der Waals surface area contributed by atoms with Gasteiger partial charge in [0.2, 0.25) is 5.91 Å². The summed E-state index contributed by atoms with van der Waals surface area (Å²) in [6.45, 7) is 6.73. The number of rotatable bonds is 3. The maximum absolute atomic E-state index is 11.9. The third-order valence-corrected chi connectivity index (χ3v) is 3.75. The van der Waals surface area contributed by atoms with E-state index < -0.39 is 0 Å². The first-order chi connectivity index (χ1) is 9.08. The van der Waals surface area contributed by atoms with Crippen LogP contribution >= 0.6 is 0 Å². The normalized spacial score (nSPS) is 24.2. The molecule has 2 amide bonds. The number of hydrogen-bond acceptors (Lipinski definition) is 3. The predicted octanol–water partition coefficient (Wildman–Crippen LogP) is 1.87. The quantitative estimate of drug-likeness (QED) is 0.785. The van der Waals surface area contributed by atoms with Crippen LogP contribution in [0.5, 0.6) is 0 Å². The number of nitrogens with zero attached hydrogens (tertiary/aromatic N) is 2. The first kappa shape index (κ1) is 14.2. The van der Waals surface area contributed by atoms with E-state index >= 15 is 0 Å². The number of carbonyl (C=O) groups is 2. The van der Waals surface area contributed by atoms with Gasteiger partial charge >= 0.3 is 6.09 Å². The highest BCUT2D eigenvalue weighted by Gasteiger charge is 2.33. The van der Waals surface area contributed by atoms with Gasteiger partial charge in [0.15, 0.2) is 0 Å². The van der Waals surface area contributed by atoms with Gasteiger partial charge in [-0.3, -0.25) is 4.79 Å². The fourth-order valence-electron chi connectivity index (χ4n) is 2.76. The molecule has 2 fully saturated rings. The highest BCUT2D eigenvalue weighted by atomic mass is 16.6. The van der Waals surface area contributed by atoms with Crippen molar-refractivity contribution in [3.63, 3.8) is 0 Å². The van der Waals surface area contributed by atoms with E-state index in [0.717, 1.165) is 32.4 Å². The third-order valence-electron chi connectivity index (χ3n) is 3.75. The molecule has 0 aromatic heterocycles. The van der Waals surface area contributed by atoms with Crippen molar-refractivity contribution in [3.05, 3.63) is 0 Å². The molecule has 0 saturated carbocycles. The van der Waals surface area contributed by atoms with Gasteiger partial charge in [-0.2, -0.15) is 0 Å². The van der Waals surface area contributed by atoms with Crippen LogP contribution in [-0.4, -0.2) is 54.1 Å². The van der Waals surface area contributed by atoms with E-state index in [1.165, 1.54) is 0 Å². The van der Waals surface area contributed by atoms with Crippen LogP contribution in [0.25, 0.3) is 0 Å². The van der Waals surface area contributed by atoms with E-state index in [0.29, 0.717) is 25.5 Å². The second-order valence-corrected chi connectivity index (χ2v) is 5.90. The second-order valence-electron chi connectivity index (χ2n) is 5.90. The van der Waals surface area contributed by atoms with Crippen LogP contribution < -0.4 is 0 Å². The SMILES string of the molecule is CC(C)COC(=O)N1CCCC(N2CCCC2=O)C1. The molecule has 2 heterocycles. The van der Waals surface area contributed by atoms with Crippen LogP contribution in [0.4, 0.5) is 4.79 Å². The van der Waals surface area contributed by atoms with Gasteiger partial charge in [-0.05, 0) is 25.2 Å². The molecule has 0 aromatic rings. The zero-order chi connectivity index (χ0) is 13.8. The number of ether oxygens (including phenoxy) is 1. The third kappa shape index (κ3) is 3.61. The topological polar surface area (TPSA) is 49.9 Å². The molecule has 1 unspecified atom stereocenters. The van der Waals surface area contributed by atoms with Crippen LogP contribution in [-0.2, 0) is 9.53 Å². The number of hydrogen-bond donors (Lipinski definition) is 0. The molecular formula is C14H24N2O3. The van der Waals surface area contributed by atoms with Crippen molar-refractivity contribution in [3.8, 4) is 0 Å². The molecule has 0 radical (unpaired) electrons. The van der Waals surface area contributed by atoms with Crippen LogP contribution in [0.3, 0.4) is 0 Å². The fraction of sp³-hybridized carbons (Fsp3) is 0.857. The molecular weight excluding hydrogens is 244 g/mol. The van der Waals surface area contributed by atoms with E-state index in [4.69, 9.17) is 4.74 Å². The first-order valence-corrected chi connectivity index (χ1v) is 7.29. The van der Waals surface area contributed by atoms with Crippen LogP contribution in [0.15, 0.2) is 0 Å². The molecule has 2 aliphatic rings. The Morgan fingerprint density at radius 2 is 2.16 bits per heavy atom. The Bertz CT molecular complexity index is 344. The Morgan fingerprint density at radius 3 is 2.79 bits per heavy atom. The van der Waals surface area contributed by atoms with E-state index in [1.807, 2.05) is 18.7 Å². The highest BCUT2D eigenvalue weighted by molar-refractivity contribution is 5.78. The van der Waals surface area contributed by atoms with Crippen LogP contribution in [0.2, 0.25) is 0 Å². The Balaban J connectivity index is 1.86. The number of carbonyl (C=O) groups excluding carboxylic acids is 2. The summed E-state index contributed by atoms with van der Waals surface area (Å²) in [6, 6.07) is 0.190. The van der Waals surface area contributed by atoms with Gasteiger partial charge in [-0.25, -0.2) is 4.79 Å². The van der Waals surface area contributed by atoms with Gasteiger partial charge in [0.25, 0.3) is 0 Å². The van der Waals surface area contributed by atoms with Crippen molar-refractivity contribution in [2.24, 2.45) is 5.92 Å². The minimum atomic E-state index is -0.231. The highest BCUT2D eigenvalue weighted by Crippen LogP contribution is 2.21. The van der Waals surface area contributed by atoms with E-state index in [2.05, 4.69) is 0 Å². The Morgan fingerprint density at radius 1 is 1.37 bits per heavy atom. The lowest BCUT2D eigenvalue weighted by molar-refractivity contribution is -0.130. The van der Waals surface area contributed by atoms with Gasteiger partial charge < -0.3 is 14.5 Å². The van der Waals surface area contributed by atoms with Crippen molar-refractivity contribution in [1.29, 1.82) is 0 Å². The van der Waals surface area contributed by atoms with E-state index in [1.54, 1.807) is 4.90 Å². The summed E-state index contributed by atoms with van der Waals surface area (Å²) in [5.74, 6) is 0.590. The van der Waals surface area contributed by atoms with Gasteiger partial charge in [0, 0.05) is 32.1 Å². The van der Waals surface area contributed by atoms with Crippen molar-refractivity contribution in [2.45, 2.75) is 45.6 Å². The van der Waals surface area contributed by atoms with Gasteiger partial charge in [0.05, 0.1) is 6.61 Å². The van der Waals surface area contributed by atoms with Crippen molar-refractivity contribution in [2.75, 3.05) is 26.2 Å². The van der Waals surface area contributed by atoms with E-state index in [9.17, 15) is 9.59 Å². The van der Waals surface area contributed by atoms with Crippen molar-refractivity contribution < 1.29 is 14.3 Å². The van der Waals surface area contributed by atoms with Crippen molar-refractivity contribution in [1.82, 2.24) is 9.80 Å². The first-order valence-electron chi connectivity index (χ1n) is 7.29. The molecule has 0 aromatic carbocycles. The molecule has 0 N–H and O–H groups in total. The average molecular weight is 268 g/mol. The lowest BCUT2D eigenvalue weighted by atomic mass is 10.0. The Kier molecular flexibility index (Phi) is 4.66. The molecule has 1 atom stereocenters. The monoisotopic (exact) mass is 268 g/mol. The zero-order valence-electron chi connectivity index (χ0n) is 11.9. The van der Waals surface area contributed by atoms with Gasteiger partial charge in [-0.15, -0.1) is 0 Å². The average Bonchev–Trinajstić information content (AvgIpc) is 2.82. The van der Waals surface area contributed by atoms with Gasteiger partial charge in [0.1, 0.15) is 0 Å². The molecule has 5 heteroatoms. The number of likely N-dealkylation sites (tertiary alicyclic amines) is 2. The largest absolute Gasteiger partial charge is 0.449 e. The summed E-state index contributed by atoms with van der Waals surface area (Å²) in [5, 5.41) is 0. The number of piperidine rings is 1. The maximum Gasteiger partial charge on any atom is 0.409 e. The second kappa shape index (κ2) is 6.26. The minimum absolute atomic E-state index is 0.190. The van der Waals surface area contributed by atoms with Gasteiger partial charge in [-0.1, -0.05) is 13.8 Å². The number of amides is 2. The molecule has 0 bridgehead atoms. The summed E-state index contributed by atoms with van der Waals surface area (Å²) in [4.78, 5) is 27.4. The van der Waals surface area contributed by atoms with Crippen LogP contribution in [0, 0.1) is 5.92 Å². The molecule has 0 aliphatic carbocycles. The molecule has 2 rings (SSSR count). The molecule has 0 spiro atoms. The Hall–Kier alpha value is -1.26. The fourth-order valence-corrected chi connectivity index (χ4v) is 2.76. The molecule has 108 valence electrons.